The van der Waals surface area contributed by atoms with Crippen LogP contribution in [-0.4, -0.2) is 58.5 Å². The standard InChI is InChI=1S/C34H35ClFN3O6S/c1-4-37-34(41)30(20-24-10-6-5-7-11-24)38(22-25-12-8-9-13-29(25)35)33(40)23-39(27-16-14-26(36)15-17-27)46(42,43)28-18-19-31(44-2)32(21-28)45-3/h5-19,21,30H,4,20,22-23H2,1-3H3,(H,37,41)/t30-/m0/s1. The highest BCUT2D eigenvalue weighted by atomic mass is 35.5. The molecule has 0 heterocycles. The van der Waals surface area contributed by atoms with Crippen LogP contribution in [0.25, 0.3) is 0 Å². The molecule has 9 nitrogen and oxygen atoms in total. The molecule has 0 fully saturated rings. The number of amides is 2. The van der Waals surface area contributed by atoms with Crippen LogP contribution in [0.5, 0.6) is 11.5 Å². The fraction of sp³-hybridized carbons (Fsp3) is 0.235. The molecule has 46 heavy (non-hydrogen) atoms. The average molecular weight is 668 g/mol. The van der Waals surface area contributed by atoms with E-state index in [0.29, 0.717) is 22.9 Å². The molecule has 0 aliphatic carbocycles. The van der Waals surface area contributed by atoms with E-state index in [1.165, 1.54) is 49.5 Å². The summed E-state index contributed by atoms with van der Waals surface area (Å²) in [5.41, 5.74) is 1.40. The molecule has 0 bridgehead atoms. The van der Waals surface area contributed by atoms with Crippen molar-refractivity contribution in [1.29, 1.82) is 0 Å². The van der Waals surface area contributed by atoms with Crippen LogP contribution in [0.2, 0.25) is 5.02 Å². The normalized spacial score (nSPS) is 11.8. The van der Waals surface area contributed by atoms with E-state index in [9.17, 15) is 22.4 Å². The lowest BCUT2D eigenvalue weighted by Crippen LogP contribution is -2.53. The number of nitrogens with one attached hydrogen (secondary N) is 1. The van der Waals surface area contributed by atoms with Crippen molar-refractivity contribution in [3.05, 3.63) is 119 Å². The van der Waals surface area contributed by atoms with Gasteiger partial charge in [-0.2, -0.15) is 0 Å². The lowest BCUT2D eigenvalue weighted by Gasteiger charge is -2.34. The number of benzene rings is 4. The van der Waals surface area contributed by atoms with Crippen LogP contribution in [-0.2, 0) is 32.6 Å². The zero-order valence-corrected chi connectivity index (χ0v) is 27.2. The van der Waals surface area contributed by atoms with Crippen LogP contribution < -0.4 is 19.1 Å². The minimum absolute atomic E-state index is 0.0415. The summed E-state index contributed by atoms with van der Waals surface area (Å²) in [6, 6.07) is 23.9. The number of ether oxygens (including phenoxy) is 2. The van der Waals surface area contributed by atoms with Crippen molar-refractivity contribution in [2.75, 3.05) is 31.6 Å². The van der Waals surface area contributed by atoms with Crippen LogP contribution in [0.4, 0.5) is 10.1 Å². The Balaban J connectivity index is 1.82. The van der Waals surface area contributed by atoms with E-state index in [1.54, 1.807) is 31.2 Å². The molecule has 12 heteroatoms. The third kappa shape index (κ3) is 8.15. The molecule has 0 aliphatic heterocycles. The molecule has 4 aromatic carbocycles. The second-order valence-electron chi connectivity index (χ2n) is 10.2. The topological polar surface area (TPSA) is 105 Å². The van der Waals surface area contributed by atoms with Gasteiger partial charge >= 0.3 is 0 Å². The molecule has 1 atom stereocenters. The number of hydrogen-bond donors (Lipinski definition) is 1. The van der Waals surface area contributed by atoms with E-state index < -0.39 is 40.2 Å². The highest BCUT2D eigenvalue weighted by Gasteiger charge is 2.35. The SMILES string of the molecule is CCNC(=O)[C@H](Cc1ccccc1)N(Cc1ccccc1Cl)C(=O)CN(c1ccc(F)cc1)S(=O)(=O)c1ccc(OC)c(OC)c1. The van der Waals surface area contributed by atoms with Gasteiger partial charge in [-0.3, -0.25) is 13.9 Å². The first-order chi connectivity index (χ1) is 22.1. The van der Waals surface area contributed by atoms with E-state index in [-0.39, 0.29) is 29.3 Å². The van der Waals surface area contributed by atoms with Crippen molar-refractivity contribution in [3.8, 4) is 11.5 Å². The predicted octanol–water partition coefficient (Wildman–Crippen LogP) is 5.47. The summed E-state index contributed by atoms with van der Waals surface area (Å²) in [6.45, 7) is 1.29. The Kier molecular flexibility index (Phi) is 11.6. The Labute approximate surface area is 273 Å². The average Bonchev–Trinajstić information content (AvgIpc) is 3.06. The first-order valence-corrected chi connectivity index (χ1v) is 16.3. The van der Waals surface area contributed by atoms with Gasteiger partial charge < -0.3 is 19.7 Å². The lowest BCUT2D eigenvalue weighted by atomic mass is 10.0. The number of carbonyl (C=O) groups excluding carboxylic acids is 2. The lowest BCUT2D eigenvalue weighted by molar-refractivity contribution is -0.140. The van der Waals surface area contributed by atoms with Crippen molar-refractivity contribution in [2.24, 2.45) is 0 Å². The molecule has 4 aromatic rings. The molecular formula is C34H35ClFN3O6S. The van der Waals surface area contributed by atoms with Gasteiger partial charge in [0.15, 0.2) is 11.5 Å². The third-order valence-corrected chi connectivity index (χ3v) is 9.40. The summed E-state index contributed by atoms with van der Waals surface area (Å²) in [5.74, 6) is -1.21. The van der Waals surface area contributed by atoms with Gasteiger partial charge in [-0.05, 0) is 60.5 Å². The molecule has 0 saturated heterocycles. The van der Waals surface area contributed by atoms with E-state index in [1.807, 2.05) is 30.3 Å². The van der Waals surface area contributed by atoms with Crippen LogP contribution in [0.3, 0.4) is 0 Å². The summed E-state index contributed by atoms with van der Waals surface area (Å²) >= 11 is 6.50. The Bertz CT molecular complexity index is 1760. The molecule has 0 aliphatic rings. The van der Waals surface area contributed by atoms with Crippen LogP contribution in [0.15, 0.2) is 102 Å². The molecular weight excluding hydrogens is 633 g/mol. The van der Waals surface area contributed by atoms with Gasteiger partial charge in [0.1, 0.15) is 18.4 Å². The van der Waals surface area contributed by atoms with E-state index >= 15 is 0 Å². The molecule has 2 amide bonds. The Morgan fingerprint density at radius 1 is 0.891 bits per heavy atom. The van der Waals surface area contributed by atoms with Gasteiger partial charge in [-0.1, -0.05) is 60.1 Å². The number of hydrogen-bond acceptors (Lipinski definition) is 6. The summed E-state index contributed by atoms with van der Waals surface area (Å²) in [4.78, 5) is 29.1. The first kappa shape index (κ1) is 34.3. The first-order valence-electron chi connectivity index (χ1n) is 14.4. The highest BCUT2D eigenvalue weighted by molar-refractivity contribution is 7.92. The van der Waals surface area contributed by atoms with Crippen molar-refractivity contribution in [3.63, 3.8) is 0 Å². The van der Waals surface area contributed by atoms with Gasteiger partial charge in [0.25, 0.3) is 10.0 Å². The Hall–Kier alpha value is -4.61. The number of likely N-dealkylation sites (N-methyl/N-ethyl adjacent to an activating group) is 1. The largest absolute Gasteiger partial charge is 0.493 e. The highest BCUT2D eigenvalue weighted by Crippen LogP contribution is 2.32. The fourth-order valence-electron chi connectivity index (χ4n) is 4.90. The Morgan fingerprint density at radius 2 is 1.54 bits per heavy atom. The second-order valence-corrected chi connectivity index (χ2v) is 12.5. The predicted molar refractivity (Wildman–Crippen MR) is 175 cm³/mol. The number of anilines is 1. The smallest absolute Gasteiger partial charge is 0.264 e. The number of methoxy groups -OCH3 is 2. The minimum Gasteiger partial charge on any atom is -0.493 e. The van der Waals surface area contributed by atoms with Gasteiger partial charge in [-0.25, -0.2) is 12.8 Å². The summed E-state index contributed by atoms with van der Waals surface area (Å²) < 4.78 is 53.9. The zero-order chi connectivity index (χ0) is 33.3. The Morgan fingerprint density at radius 3 is 2.17 bits per heavy atom. The summed E-state index contributed by atoms with van der Waals surface area (Å²) in [6.07, 6.45) is 0.155. The van der Waals surface area contributed by atoms with Crippen molar-refractivity contribution in [1.82, 2.24) is 10.2 Å². The van der Waals surface area contributed by atoms with Crippen molar-refractivity contribution < 1.29 is 31.9 Å². The van der Waals surface area contributed by atoms with Crippen LogP contribution in [0.1, 0.15) is 18.1 Å². The monoisotopic (exact) mass is 667 g/mol. The molecule has 0 saturated carbocycles. The maximum absolute atomic E-state index is 14.4. The number of nitrogens with zero attached hydrogens (tertiary/aromatic N) is 2. The second kappa shape index (κ2) is 15.6. The van der Waals surface area contributed by atoms with Gasteiger partial charge in [0.2, 0.25) is 11.8 Å². The number of rotatable bonds is 14. The van der Waals surface area contributed by atoms with Crippen LogP contribution >= 0.6 is 11.6 Å². The molecule has 4 rings (SSSR count). The summed E-state index contributed by atoms with van der Waals surface area (Å²) in [5, 5.41) is 3.19. The quantitative estimate of drug-likeness (QED) is 0.191. The van der Waals surface area contributed by atoms with E-state index in [0.717, 1.165) is 22.0 Å². The summed E-state index contributed by atoms with van der Waals surface area (Å²) in [7, 11) is -1.66. The van der Waals surface area contributed by atoms with E-state index in [4.69, 9.17) is 21.1 Å². The molecule has 0 spiro atoms. The fourth-order valence-corrected chi connectivity index (χ4v) is 6.52. The third-order valence-electron chi connectivity index (χ3n) is 7.26. The zero-order valence-electron chi connectivity index (χ0n) is 25.7. The molecule has 0 aromatic heterocycles. The van der Waals surface area contributed by atoms with Crippen LogP contribution in [0, 0.1) is 5.82 Å². The maximum atomic E-state index is 14.4. The number of carbonyl (C=O) groups is 2. The van der Waals surface area contributed by atoms with Crippen molar-refractivity contribution >= 4 is 39.1 Å². The van der Waals surface area contributed by atoms with E-state index in [2.05, 4.69) is 5.32 Å². The molecule has 242 valence electrons. The van der Waals surface area contributed by atoms with Gasteiger partial charge in [0.05, 0.1) is 24.8 Å². The number of halogens is 2. The number of sulfonamides is 1. The molecule has 0 unspecified atom stereocenters. The molecule has 1 N–H and O–H groups in total. The van der Waals surface area contributed by atoms with Crippen molar-refractivity contribution in [2.45, 2.75) is 30.8 Å². The minimum atomic E-state index is -4.45. The van der Waals surface area contributed by atoms with Gasteiger partial charge in [0, 0.05) is 30.6 Å². The maximum Gasteiger partial charge on any atom is 0.264 e. The van der Waals surface area contributed by atoms with Gasteiger partial charge in [-0.15, -0.1) is 0 Å². The molecule has 0 radical (unpaired) electrons.